The quantitative estimate of drug-likeness (QED) is 0.653. The molecule has 0 saturated heterocycles. The van der Waals surface area contributed by atoms with Crippen molar-refractivity contribution in [1.29, 1.82) is 0 Å². The Hall–Kier alpha value is -3.33. The first-order chi connectivity index (χ1) is 14.7. The maximum atomic E-state index is 13.0. The van der Waals surface area contributed by atoms with Gasteiger partial charge in [-0.2, -0.15) is 5.10 Å². The van der Waals surface area contributed by atoms with E-state index in [2.05, 4.69) is 10.4 Å². The van der Waals surface area contributed by atoms with Gasteiger partial charge in [0, 0.05) is 11.1 Å². The highest BCUT2D eigenvalue weighted by molar-refractivity contribution is 7.90. The van der Waals surface area contributed by atoms with Crippen molar-refractivity contribution in [3.05, 3.63) is 64.3 Å². The molecule has 0 saturated carbocycles. The number of benzene rings is 2. The van der Waals surface area contributed by atoms with E-state index in [4.69, 9.17) is 9.47 Å². The zero-order chi connectivity index (χ0) is 22.3. The summed E-state index contributed by atoms with van der Waals surface area (Å²) in [7, 11) is -0.273. The molecule has 1 N–H and O–H groups in total. The molecule has 162 valence electrons. The lowest BCUT2D eigenvalue weighted by atomic mass is 10.1. The van der Waals surface area contributed by atoms with E-state index in [-0.39, 0.29) is 11.5 Å². The number of nitrogens with one attached hydrogen (secondary N) is 1. The van der Waals surface area contributed by atoms with Gasteiger partial charge in [0.25, 0.3) is 5.91 Å². The predicted molar refractivity (Wildman–Crippen MR) is 117 cm³/mol. The van der Waals surface area contributed by atoms with Crippen molar-refractivity contribution in [3.63, 3.8) is 0 Å². The minimum Gasteiger partial charge on any atom is -0.493 e. The molecule has 0 atom stereocenters. The summed E-state index contributed by atoms with van der Waals surface area (Å²) in [6.45, 7) is 4.00. The highest BCUT2D eigenvalue weighted by Crippen LogP contribution is 2.34. The first-order valence-electron chi connectivity index (χ1n) is 9.64. The lowest BCUT2D eigenvalue weighted by Gasteiger charge is -2.13. The Kier molecular flexibility index (Phi) is 5.22. The number of ether oxygens (including phenoxy) is 2. The van der Waals surface area contributed by atoms with E-state index in [1.54, 1.807) is 22.9 Å². The molecule has 1 aromatic heterocycles. The fourth-order valence-corrected chi connectivity index (χ4v) is 5.07. The van der Waals surface area contributed by atoms with Gasteiger partial charge in [-0.05, 0) is 55.3 Å². The molecule has 31 heavy (non-hydrogen) atoms. The second-order valence-corrected chi connectivity index (χ2v) is 9.57. The topological polar surface area (TPSA) is 99.5 Å². The molecule has 3 aromatic rings. The average molecular weight is 442 g/mol. The molecule has 0 unspecified atom stereocenters. The molecule has 1 aliphatic rings. The van der Waals surface area contributed by atoms with Crippen LogP contribution in [0.25, 0.3) is 5.69 Å². The van der Waals surface area contributed by atoms with E-state index in [1.165, 1.54) is 14.2 Å². The van der Waals surface area contributed by atoms with Crippen LogP contribution in [0.4, 0.5) is 5.82 Å². The molecule has 9 heteroatoms. The molecule has 8 nitrogen and oxygen atoms in total. The molecule has 2 aromatic carbocycles. The van der Waals surface area contributed by atoms with Crippen molar-refractivity contribution < 1.29 is 22.7 Å². The number of aromatic nitrogens is 2. The fraction of sp³-hybridized carbons (Fsp3) is 0.273. The molecule has 0 bridgehead atoms. The van der Waals surface area contributed by atoms with Crippen molar-refractivity contribution in [3.8, 4) is 17.2 Å². The highest BCUT2D eigenvalue weighted by atomic mass is 32.2. The average Bonchev–Trinajstić information content (AvgIpc) is 3.21. The molecule has 2 heterocycles. The summed E-state index contributed by atoms with van der Waals surface area (Å²) in [5, 5.41) is 7.38. The van der Waals surface area contributed by atoms with Crippen LogP contribution in [0.1, 0.15) is 32.7 Å². The van der Waals surface area contributed by atoms with Gasteiger partial charge in [-0.1, -0.05) is 6.07 Å². The number of carbonyl (C=O) groups is 1. The van der Waals surface area contributed by atoms with Crippen LogP contribution in [0, 0.1) is 13.8 Å². The number of methoxy groups -OCH3 is 2. The van der Waals surface area contributed by atoms with Crippen LogP contribution in [0.15, 0.2) is 36.4 Å². The number of nitrogens with zero attached hydrogens (tertiary/aromatic N) is 2. The largest absolute Gasteiger partial charge is 0.493 e. The SMILES string of the molecule is COc1ccc(C(=O)Nc2c3c(nn2-c2ccc(C)c(C)c2)CS(=O)(=O)C3)cc1OC. The maximum Gasteiger partial charge on any atom is 0.256 e. The number of hydrogen-bond acceptors (Lipinski definition) is 6. The Morgan fingerprint density at radius 1 is 1.00 bits per heavy atom. The zero-order valence-electron chi connectivity index (χ0n) is 17.7. The summed E-state index contributed by atoms with van der Waals surface area (Å²) >= 11 is 0. The molecular formula is C22H23N3O5S. The Balaban J connectivity index is 1.77. The molecule has 0 spiro atoms. The fourth-order valence-electron chi connectivity index (χ4n) is 3.57. The summed E-state index contributed by atoms with van der Waals surface area (Å²) in [5.74, 6) is 0.586. The normalized spacial score (nSPS) is 14.2. The van der Waals surface area contributed by atoms with E-state index >= 15 is 0 Å². The lowest BCUT2D eigenvalue weighted by Crippen LogP contribution is -2.17. The van der Waals surface area contributed by atoms with E-state index < -0.39 is 15.7 Å². The van der Waals surface area contributed by atoms with Gasteiger partial charge in [-0.25, -0.2) is 13.1 Å². The maximum absolute atomic E-state index is 13.0. The summed E-state index contributed by atoms with van der Waals surface area (Å²) in [4.78, 5) is 13.0. The van der Waals surface area contributed by atoms with E-state index in [0.29, 0.717) is 34.1 Å². The van der Waals surface area contributed by atoms with Gasteiger partial charge in [-0.3, -0.25) is 4.79 Å². The standard InChI is InChI=1S/C22H23N3O5S/c1-13-5-7-16(9-14(13)2)25-21(17-11-31(27,28)12-18(17)24-25)23-22(26)15-6-8-19(29-3)20(10-15)30-4/h5-10H,11-12H2,1-4H3,(H,23,26). The number of sulfone groups is 1. The summed E-state index contributed by atoms with van der Waals surface area (Å²) in [5.41, 5.74) is 4.27. The summed E-state index contributed by atoms with van der Waals surface area (Å²) in [6.07, 6.45) is 0. The number of aryl methyl sites for hydroxylation is 2. The van der Waals surface area contributed by atoms with Crippen LogP contribution in [0.5, 0.6) is 11.5 Å². The van der Waals surface area contributed by atoms with Crippen LogP contribution < -0.4 is 14.8 Å². The van der Waals surface area contributed by atoms with Crippen molar-refractivity contribution >= 4 is 21.6 Å². The Bertz CT molecular complexity index is 1290. The van der Waals surface area contributed by atoms with E-state index in [9.17, 15) is 13.2 Å². The second-order valence-electron chi connectivity index (χ2n) is 7.51. The molecule has 1 amide bonds. The number of anilines is 1. The molecule has 4 rings (SSSR count). The Morgan fingerprint density at radius 2 is 1.74 bits per heavy atom. The molecule has 0 aliphatic carbocycles. The number of hydrogen-bond donors (Lipinski definition) is 1. The number of fused-ring (bicyclic) bond motifs is 1. The first-order valence-corrected chi connectivity index (χ1v) is 11.5. The van der Waals surface area contributed by atoms with Gasteiger partial charge in [0.1, 0.15) is 5.82 Å². The van der Waals surface area contributed by atoms with Crippen LogP contribution in [0.3, 0.4) is 0 Å². The molecule has 1 aliphatic heterocycles. The zero-order valence-corrected chi connectivity index (χ0v) is 18.5. The number of carbonyl (C=O) groups excluding carboxylic acids is 1. The second kappa shape index (κ2) is 7.73. The third-order valence-corrected chi connectivity index (χ3v) is 6.84. The van der Waals surface area contributed by atoms with E-state index in [1.807, 2.05) is 32.0 Å². The molecule has 0 radical (unpaired) electrons. The number of rotatable bonds is 5. The van der Waals surface area contributed by atoms with Gasteiger partial charge in [0.05, 0.1) is 37.1 Å². The predicted octanol–water partition coefficient (Wildman–Crippen LogP) is 3.19. The minimum absolute atomic E-state index is 0.139. The summed E-state index contributed by atoms with van der Waals surface area (Å²) in [6, 6.07) is 10.6. The molecular weight excluding hydrogens is 418 g/mol. The monoisotopic (exact) mass is 441 g/mol. The van der Waals surface area contributed by atoms with Gasteiger partial charge in [0.15, 0.2) is 21.3 Å². The van der Waals surface area contributed by atoms with Crippen molar-refractivity contribution in [2.75, 3.05) is 19.5 Å². The smallest absolute Gasteiger partial charge is 0.256 e. The van der Waals surface area contributed by atoms with Crippen LogP contribution >= 0.6 is 0 Å². The van der Waals surface area contributed by atoms with Crippen molar-refractivity contribution in [1.82, 2.24) is 9.78 Å². The number of amides is 1. The Labute approximate surface area is 180 Å². The van der Waals surface area contributed by atoms with E-state index in [0.717, 1.165) is 16.8 Å². The van der Waals surface area contributed by atoms with Crippen LogP contribution in [-0.2, 0) is 21.3 Å². The Morgan fingerprint density at radius 3 is 2.42 bits per heavy atom. The lowest BCUT2D eigenvalue weighted by molar-refractivity contribution is 0.102. The summed E-state index contributed by atoms with van der Waals surface area (Å²) < 4.78 is 36.4. The third-order valence-electron chi connectivity index (χ3n) is 5.40. The van der Waals surface area contributed by atoms with Crippen molar-refractivity contribution in [2.24, 2.45) is 0 Å². The van der Waals surface area contributed by atoms with Gasteiger partial charge in [-0.15, -0.1) is 0 Å². The minimum atomic E-state index is -3.28. The van der Waals surface area contributed by atoms with Crippen molar-refractivity contribution in [2.45, 2.75) is 25.4 Å². The van der Waals surface area contributed by atoms with Crippen LogP contribution in [-0.4, -0.2) is 38.3 Å². The molecule has 0 fully saturated rings. The third kappa shape index (κ3) is 3.88. The van der Waals surface area contributed by atoms with Gasteiger partial charge >= 0.3 is 0 Å². The first kappa shape index (κ1) is 20.9. The van der Waals surface area contributed by atoms with Gasteiger partial charge < -0.3 is 14.8 Å². The van der Waals surface area contributed by atoms with Gasteiger partial charge in [0.2, 0.25) is 0 Å². The highest BCUT2D eigenvalue weighted by Gasteiger charge is 2.33. The van der Waals surface area contributed by atoms with Crippen LogP contribution in [0.2, 0.25) is 0 Å².